The standard InChI is InChI=1S/C11H20N2O2S/c1-5-9(12-4)11(15)13-8(3)16-6-10(13)7(2)14/h8-10,12H,5-6H2,1-4H3. The first-order valence-corrected chi connectivity index (χ1v) is 6.69. The number of Topliss-reactive ketones (excluding diaryl/α,β-unsaturated/α-hetero) is 1. The first-order chi connectivity index (χ1) is 7.52. The van der Waals surface area contributed by atoms with E-state index in [0.717, 1.165) is 12.2 Å². The van der Waals surface area contributed by atoms with Crippen molar-refractivity contribution in [3.63, 3.8) is 0 Å². The van der Waals surface area contributed by atoms with Crippen molar-refractivity contribution in [2.24, 2.45) is 0 Å². The Kier molecular flexibility index (Phi) is 4.80. The molecule has 0 bridgehead atoms. The zero-order valence-electron chi connectivity index (χ0n) is 10.3. The minimum atomic E-state index is -0.241. The smallest absolute Gasteiger partial charge is 0.241 e. The number of nitrogens with one attached hydrogen (secondary N) is 1. The summed E-state index contributed by atoms with van der Waals surface area (Å²) in [6.07, 6.45) is 0.744. The number of likely N-dealkylation sites (N-methyl/N-ethyl adjacent to an activating group) is 1. The highest BCUT2D eigenvalue weighted by atomic mass is 32.2. The van der Waals surface area contributed by atoms with E-state index in [1.165, 1.54) is 0 Å². The molecule has 1 heterocycles. The van der Waals surface area contributed by atoms with Gasteiger partial charge in [-0.1, -0.05) is 6.92 Å². The van der Waals surface area contributed by atoms with Crippen LogP contribution in [0.2, 0.25) is 0 Å². The lowest BCUT2D eigenvalue weighted by Gasteiger charge is -2.29. The largest absolute Gasteiger partial charge is 0.319 e. The molecular weight excluding hydrogens is 224 g/mol. The highest BCUT2D eigenvalue weighted by Gasteiger charge is 2.39. The SMILES string of the molecule is CCC(NC)C(=O)N1C(C)SCC1C(C)=O. The first kappa shape index (κ1) is 13.5. The second-order valence-corrected chi connectivity index (χ2v) is 5.40. The van der Waals surface area contributed by atoms with Crippen molar-refractivity contribution in [2.45, 2.75) is 44.6 Å². The van der Waals surface area contributed by atoms with Gasteiger partial charge >= 0.3 is 0 Å². The van der Waals surface area contributed by atoms with Crippen LogP contribution in [0.15, 0.2) is 0 Å². The number of carbonyl (C=O) groups excluding carboxylic acids is 2. The molecule has 1 N–H and O–H groups in total. The molecule has 4 nitrogen and oxygen atoms in total. The Hall–Kier alpha value is -0.550. The molecule has 16 heavy (non-hydrogen) atoms. The van der Waals surface area contributed by atoms with E-state index in [-0.39, 0.29) is 29.1 Å². The van der Waals surface area contributed by atoms with Crippen molar-refractivity contribution in [2.75, 3.05) is 12.8 Å². The number of hydrogen-bond donors (Lipinski definition) is 1. The second kappa shape index (κ2) is 5.68. The molecule has 5 heteroatoms. The van der Waals surface area contributed by atoms with Gasteiger partial charge < -0.3 is 10.2 Å². The van der Waals surface area contributed by atoms with Gasteiger partial charge in [-0.05, 0) is 27.3 Å². The van der Waals surface area contributed by atoms with Gasteiger partial charge in [0.2, 0.25) is 5.91 Å². The molecule has 0 aromatic heterocycles. The molecule has 0 aromatic rings. The monoisotopic (exact) mass is 244 g/mol. The van der Waals surface area contributed by atoms with Gasteiger partial charge in [0, 0.05) is 5.75 Å². The molecule has 0 spiro atoms. The lowest BCUT2D eigenvalue weighted by molar-refractivity contribution is -0.139. The molecule has 1 saturated heterocycles. The topological polar surface area (TPSA) is 49.4 Å². The number of carbonyl (C=O) groups is 2. The van der Waals surface area contributed by atoms with Gasteiger partial charge in [-0.2, -0.15) is 0 Å². The number of thioether (sulfide) groups is 1. The number of hydrogen-bond acceptors (Lipinski definition) is 4. The highest BCUT2D eigenvalue weighted by Crippen LogP contribution is 2.29. The summed E-state index contributed by atoms with van der Waals surface area (Å²) in [6.45, 7) is 5.51. The zero-order chi connectivity index (χ0) is 12.3. The van der Waals surface area contributed by atoms with Gasteiger partial charge in [0.25, 0.3) is 0 Å². The van der Waals surface area contributed by atoms with Crippen molar-refractivity contribution >= 4 is 23.5 Å². The van der Waals surface area contributed by atoms with Crippen LogP contribution in [0.3, 0.4) is 0 Å². The number of ketones is 1. The van der Waals surface area contributed by atoms with E-state index in [4.69, 9.17) is 0 Å². The van der Waals surface area contributed by atoms with E-state index in [2.05, 4.69) is 5.32 Å². The molecule has 3 unspecified atom stereocenters. The third kappa shape index (κ3) is 2.58. The fraction of sp³-hybridized carbons (Fsp3) is 0.818. The van der Waals surface area contributed by atoms with Gasteiger partial charge in [-0.15, -0.1) is 11.8 Å². The quantitative estimate of drug-likeness (QED) is 0.797. The van der Waals surface area contributed by atoms with Crippen LogP contribution in [0, 0.1) is 0 Å². The summed E-state index contributed by atoms with van der Waals surface area (Å²) in [5, 5.41) is 3.10. The Bertz CT molecular complexity index is 279. The lowest BCUT2D eigenvalue weighted by Crippen LogP contribution is -2.51. The average molecular weight is 244 g/mol. The van der Waals surface area contributed by atoms with E-state index >= 15 is 0 Å². The molecule has 0 aliphatic carbocycles. The molecule has 1 aliphatic rings. The average Bonchev–Trinajstić information content (AvgIpc) is 2.61. The van der Waals surface area contributed by atoms with Crippen LogP contribution in [-0.2, 0) is 9.59 Å². The number of amides is 1. The van der Waals surface area contributed by atoms with Gasteiger partial charge in [0.15, 0.2) is 5.78 Å². The van der Waals surface area contributed by atoms with Crippen LogP contribution in [-0.4, -0.2) is 46.8 Å². The van der Waals surface area contributed by atoms with Crippen molar-refractivity contribution in [3.8, 4) is 0 Å². The summed E-state index contributed by atoms with van der Waals surface area (Å²) in [4.78, 5) is 25.4. The van der Waals surface area contributed by atoms with Gasteiger partial charge in [-0.3, -0.25) is 9.59 Å². The second-order valence-electron chi connectivity index (χ2n) is 4.05. The maximum Gasteiger partial charge on any atom is 0.241 e. The number of rotatable bonds is 4. The molecule has 3 atom stereocenters. The summed E-state index contributed by atoms with van der Waals surface area (Å²) >= 11 is 1.66. The number of nitrogens with zero attached hydrogens (tertiary/aromatic N) is 1. The summed E-state index contributed by atoms with van der Waals surface area (Å²) in [5.74, 6) is 0.849. The maximum atomic E-state index is 12.2. The summed E-state index contributed by atoms with van der Waals surface area (Å²) in [5.41, 5.74) is 0. The predicted molar refractivity (Wildman–Crippen MR) is 66.4 cm³/mol. The Morgan fingerprint density at radius 1 is 1.56 bits per heavy atom. The van der Waals surface area contributed by atoms with Gasteiger partial charge in [-0.25, -0.2) is 0 Å². The molecule has 0 radical (unpaired) electrons. The fourth-order valence-corrected chi connectivity index (χ4v) is 3.24. The molecule has 1 aliphatic heterocycles. The third-order valence-corrected chi connectivity index (χ3v) is 4.22. The Morgan fingerprint density at radius 2 is 2.19 bits per heavy atom. The minimum Gasteiger partial charge on any atom is -0.319 e. The van der Waals surface area contributed by atoms with Crippen LogP contribution < -0.4 is 5.32 Å². The van der Waals surface area contributed by atoms with Crippen LogP contribution in [0.4, 0.5) is 0 Å². The molecule has 1 fully saturated rings. The van der Waals surface area contributed by atoms with Crippen LogP contribution in [0.25, 0.3) is 0 Å². The first-order valence-electron chi connectivity index (χ1n) is 5.64. The molecule has 0 saturated carbocycles. The van der Waals surface area contributed by atoms with Gasteiger partial charge in [0.05, 0.1) is 11.4 Å². The van der Waals surface area contributed by atoms with E-state index in [1.54, 1.807) is 30.6 Å². The van der Waals surface area contributed by atoms with Crippen molar-refractivity contribution in [1.82, 2.24) is 10.2 Å². The Morgan fingerprint density at radius 3 is 2.62 bits per heavy atom. The maximum absolute atomic E-state index is 12.2. The van der Waals surface area contributed by atoms with Crippen LogP contribution in [0.1, 0.15) is 27.2 Å². The Labute approximate surface area is 101 Å². The zero-order valence-corrected chi connectivity index (χ0v) is 11.1. The van der Waals surface area contributed by atoms with Gasteiger partial charge in [0.1, 0.15) is 6.04 Å². The minimum absolute atomic E-state index is 0.0442. The predicted octanol–water partition coefficient (Wildman–Crippen LogP) is 0.863. The summed E-state index contributed by atoms with van der Waals surface area (Å²) in [6, 6.07) is -0.419. The normalized spacial score (nSPS) is 26.9. The van der Waals surface area contributed by atoms with Crippen LogP contribution >= 0.6 is 11.8 Å². The van der Waals surface area contributed by atoms with E-state index in [1.807, 2.05) is 13.8 Å². The third-order valence-electron chi connectivity index (χ3n) is 3.00. The lowest BCUT2D eigenvalue weighted by atomic mass is 10.1. The fourth-order valence-electron chi connectivity index (χ4n) is 1.97. The van der Waals surface area contributed by atoms with Crippen molar-refractivity contribution < 1.29 is 9.59 Å². The Balaban J connectivity index is 2.82. The van der Waals surface area contributed by atoms with Crippen molar-refractivity contribution in [3.05, 3.63) is 0 Å². The highest BCUT2D eigenvalue weighted by molar-refractivity contribution is 8.00. The molecule has 92 valence electrons. The van der Waals surface area contributed by atoms with E-state index < -0.39 is 0 Å². The molecular formula is C11H20N2O2S. The van der Waals surface area contributed by atoms with E-state index in [9.17, 15) is 9.59 Å². The summed E-state index contributed by atoms with van der Waals surface area (Å²) in [7, 11) is 1.78. The van der Waals surface area contributed by atoms with Crippen LogP contribution in [0.5, 0.6) is 0 Å². The molecule has 1 amide bonds. The van der Waals surface area contributed by atoms with Crippen molar-refractivity contribution in [1.29, 1.82) is 0 Å². The molecule has 0 aromatic carbocycles. The van der Waals surface area contributed by atoms with E-state index in [0.29, 0.717) is 0 Å². The molecule has 1 rings (SSSR count). The summed E-state index contributed by atoms with van der Waals surface area (Å²) < 4.78 is 0.